The van der Waals surface area contributed by atoms with Crippen molar-refractivity contribution in [2.45, 2.75) is 32.7 Å². The van der Waals surface area contributed by atoms with Crippen molar-refractivity contribution >= 4 is 23.2 Å². The number of carbonyl (C=O) groups excluding carboxylic acids is 2. The van der Waals surface area contributed by atoms with Gasteiger partial charge in [0.15, 0.2) is 0 Å². The van der Waals surface area contributed by atoms with Gasteiger partial charge in [0.25, 0.3) is 0 Å². The molecular formula is C18H21N3O2S. The molecule has 24 heavy (non-hydrogen) atoms. The van der Waals surface area contributed by atoms with E-state index in [0.29, 0.717) is 13.1 Å². The molecule has 2 amide bonds. The van der Waals surface area contributed by atoms with Crippen molar-refractivity contribution in [3.63, 3.8) is 0 Å². The van der Waals surface area contributed by atoms with Crippen LogP contribution in [0, 0.1) is 6.92 Å². The average molecular weight is 343 g/mol. The summed E-state index contributed by atoms with van der Waals surface area (Å²) >= 11 is 1.54. The zero-order valence-corrected chi connectivity index (χ0v) is 14.7. The Morgan fingerprint density at radius 2 is 2.12 bits per heavy atom. The topological polar surface area (TPSA) is 62.3 Å². The SMILES string of the molecule is Cc1ccc(-c2nc(CC(=O)N3CCCNC(=O)[C@H]3C)cs2)cc1. The van der Waals surface area contributed by atoms with Crippen LogP contribution < -0.4 is 5.32 Å². The number of carbonyl (C=O) groups is 2. The Kier molecular flexibility index (Phi) is 4.94. The molecule has 1 aliphatic rings. The highest BCUT2D eigenvalue weighted by atomic mass is 32.1. The second kappa shape index (κ2) is 7.13. The van der Waals surface area contributed by atoms with Gasteiger partial charge in [0.1, 0.15) is 11.0 Å². The number of hydrogen-bond donors (Lipinski definition) is 1. The molecule has 3 rings (SSSR count). The highest BCUT2D eigenvalue weighted by molar-refractivity contribution is 7.13. The number of aryl methyl sites for hydroxylation is 1. The van der Waals surface area contributed by atoms with Gasteiger partial charge in [-0.1, -0.05) is 29.8 Å². The minimum atomic E-state index is -0.421. The van der Waals surface area contributed by atoms with Crippen molar-refractivity contribution in [1.29, 1.82) is 0 Å². The van der Waals surface area contributed by atoms with E-state index in [9.17, 15) is 9.59 Å². The van der Waals surface area contributed by atoms with Crippen molar-refractivity contribution in [2.75, 3.05) is 13.1 Å². The maximum absolute atomic E-state index is 12.6. The molecule has 0 spiro atoms. The number of rotatable bonds is 3. The Labute approximate surface area is 145 Å². The molecule has 6 heteroatoms. The molecule has 1 N–H and O–H groups in total. The van der Waals surface area contributed by atoms with Crippen LogP contribution in [0.25, 0.3) is 10.6 Å². The zero-order valence-electron chi connectivity index (χ0n) is 13.9. The minimum Gasteiger partial charge on any atom is -0.354 e. The number of nitrogens with zero attached hydrogens (tertiary/aromatic N) is 2. The van der Waals surface area contributed by atoms with Crippen LogP contribution >= 0.6 is 11.3 Å². The lowest BCUT2D eigenvalue weighted by molar-refractivity contribution is -0.138. The first-order valence-corrected chi connectivity index (χ1v) is 9.01. The fourth-order valence-corrected chi connectivity index (χ4v) is 3.58. The predicted octanol–water partition coefficient (Wildman–Crippen LogP) is 2.40. The summed E-state index contributed by atoms with van der Waals surface area (Å²) in [5, 5.41) is 5.67. The summed E-state index contributed by atoms with van der Waals surface area (Å²) in [5.74, 6) is -0.125. The van der Waals surface area contributed by atoms with Gasteiger partial charge in [0.2, 0.25) is 11.8 Å². The molecule has 0 saturated carbocycles. The number of amides is 2. The third kappa shape index (κ3) is 3.64. The van der Waals surface area contributed by atoms with Crippen molar-refractivity contribution < 1.29 is 9.59 Å². The molecule has 1 aromatic heterocycles. The molecule has 0 unspecified atom stereocenters. The van der Waals surface area contributed by atoms with E-state index in [4.69, 9.17) is 0 Å². The quantitative estimate of drug-likeness (QED) is 0.931. The standard InChI is InChI=1S/C18H21N3O2S/c1-12-4-6-14(7-5-12)18-20-15(11-24-18)10-16(22)21-9-3-8-19-17(23)13(21)2/h4-7,11,13H,3,8-10H2,1-2H3,(H,19,23)/t13-/m1/s1. The van der Waals surface area contributed by atoms with E-state index in [-0.39, 0.29) is 18.2 Å². The van der Waals surface area contributed by atoms with Gasteiger partial charge >= 0.3 is 0 Å². The monoisotopic (exact) mass is 343 g/mol. The summed E-state index contributed by atoms with van der Waals surface area (Å²) < 4.78 is 0. The molecule has 2 aromatic rings. The number of aromatic nitrogens is 1. The largest absolute Gasteiger partial charge is 0.354 e. The highest BCUT2D eigenvalue weighted by Crippen LogP contribution is 2.24. The molecule has 1 saturated heterocycles. The second-order valence-corrected chi connectivity index (χ2v) is 6.95. The van der Waals surface area contributed by atoms with E-state index in [1.807, 2.05) is 24.4 Å². The molecule has 0 radical (unpaired) electrons. The van der Waals surface area contributed by atoms with Crippen molar-refractivity contribution in [2.24, 2.45) is 0 Å². The van der Waals surface area contributed by atoms with Crippen LogP contribution in [0.15, 0.2) is 29.6 Å². The van der Waals surface area contributed by atoms with Crippen LogP contribution in [-0.4, -0.2) is 40.8 Å². The summed E-state index contributed by atoms with van der Waals surface area (Å²) in [6.45, 7) is 5.06. The summed E-state index contributed by atoms with van der Waals surface area (Å²) in [5.41, 5.74) is 3.03. The Bertz CT molecular complexity index is 739. The molecule has 0 aliphatic carbocycles. The molecule has 2 heterocycles. The van der Waals surface area contributed by atoms with Crippen LogP contribution in [0.2, 0.25) is 0 Å². The van der Waals surface area contributed by atoms with Gasteiger partial charge in [-0.25, -0.2) is 4.98 Å². The Morgan fingerprint density at radius 3 is 2.88 bits per heavy atom. The Morgan fingerprint density at radius 1 is 1.38 bits per heavy atom. The third-order valence-electron chi connectivity index (χ3n) is 4.22. The van der Waals surface area contributed by atoms with Gasteiger partial charge in [-0.05, 0) is 20.3 Å². The van der Waals surface area contributed by atoms with Gasteiger partial charge in [0.05, 0.1) is 12.1 Å². The third-order valence-corrected chi connectivity index (χ3v) is 5.17. The first-order chi connectivity index (χ1) is 11.5. The summed E-state index contributed by atoms with van der Waals surface area (Å²) in [6, 6.07) is 7.77. The van der Waals surface area contributed by atoms with Gasteiger partial charge in [-0.15, -0.1) is 11.3 Å². The zero-order chi connectivity index (χ0) is 17.1. The van der Waals surface area contributed by atoms with E-state index in [1.165, 1.54) is 5.56 Å². The molecule has 1 fully saturated rings. The van der Waals surface area contributed by atoms with Crippen LogP contribution in [-0.2, 0) is 16.0 Å². The molecule has 126 valence electrons. The fourth-order valence-electron chi connectivity index (χ4n) is 2.76. The molecule has 1 aromatic carbocycles. The first kappa shape index (κ1) is 16.6. The fraction of sp³-hybridized carbons (Fsp3) is 0.389. The molecular weight excluding hydrogens is 322 g/mol. The minimum absolute atomic E-state index is 0.0414. The van der Waals surface area contributed by atoms with E-state index >= 15 is 0 Å². The summed E-state index contributed by atoms with van der Waals surface area (Å²) in [7, 11) is 0. The first-order valence-electron chi connectivity index (χ1n) is 8.13. The number of hydrogen-bond acceptors (Lipinski definition) is 4. The lowest BCUT2D eigenvalue weighted by Gasteiger charge is -2.25. The van der Waals surface area contributed by atoms with Crippen LogP contribution in [0.3, 0.4) is 0 Å². The number of nitrogens with one attached hydrogen (secondary N) is 1. The molecule has 1 atom stereocenters. The summed E-state index contributed by atoms with van der Waals surface area (Å²) in [4.78, 5) is 30.7. The molecule has 1 aliphatic heterocycles. The second-order valence-electron chi connectivity index (χ2n) is 6.09. The van der Waals surface area contributed by atoms with Crippen molar-refractivity contribution in [1.82, 2.24) is 15.2 Å². The van der Waals surface area contributed by atoms with Crippen molar-refractivity contribution in [3.8, 4) is 10.6 Å². The lowest BCUT2D eigenvalue weighted by Crippen LogP contribution is -2.45. The normalized spacial score (nSPS) is 18.2. The maximum Gasteiger partial charge on any atom is 0.242 e. The smallest absolute Gasteiger partial charge is 0.242 e. The lowest BCUT2D eigenvalue weighted by atomic mass is 10.1. The van der Waals surface area contributed by atoms with Gasteiger partial charge < -0.3 is 10.2 Å². The van der Waals surface area contributed by atoms with Crippen LogP contribution in [0.1, 0.15) is 24.6 Å². The predicted molar refractivity (Wildman–Crippen MR) is 94.8 cm³/mol. The average Bonchev–Trinajstić information content (AvgIpc) is 2.96. The molecule has 0 bridgehead atoms. The van der Waals surface area contributed by atoms with E-state index in [2.05, 4.69) is 22.4 Å². The summed E-state index contributed by atoms with van der Waals surface area (Å²) in [6.07, 6.45) is 1.02. The van der Waals surface area contributed by atoms with Gasteiger partial charge in [-0.3, -0.25) is 9.59 Å². The van der Waals surface area contributed by atoms with Gasteiger partial charge in [-0.2, -0.15) is 0 Å². The van der Waals surface area contributed by atoms with Crippen LogP contribution in [0.5, 0.6) is 0 Å². The Balaban J connectivity index is 1.70. The molecule has 5 nitrogen and oxygen atoms in total. The maximum atomic E-state index is 12.6. The van der Waals surface area contributed by atoms with E-state index in [0.717, 1.165) is 22.7 Å². The number of thiazole rings is 1. The van der Waals surface area contributed by atoms with E-state index < -0.39 is 6.04 Å². The van der Waals surface area contributed by atoms with Gasteiger partial charge in [0, 0.05) is 24.0 Å². The van der Waals surface area contributed by atoms with E-state index in [1.54, 1.807) is 23.2 Å². The Hall–Kier alpha value is -2.21. The highest BCUT2D eigenvalue weighted by Gasteiger charge is 2.28. The number of benzene rings is 1. The van der Waals surface area contributed by atoms with Crippen LogP contribution in [0.4, 0.5) is 0 Å². The van der Waals surface area contributed by atoms with Crippen molar-refractivity contribution in [3.05, 3.63) is 40.9 Å².